The van der Waals surface area contributed by atoms with Gasteiger partial charge in [-0.3, -0.25) is 9.59 Å². The summed E-state index contributed by atoms with van der Waals surface area (Å²) in [7, 11) is 0. The molecule has 0 bridgehead atoms. The number of amides is 1. The standard InChI is InChI=1S/C19H15BrN2O2/c1-12(23)22-16-7-5-13(6-8-16)17-10-21-11-18(17)19(24)14-3-2-4-15(20)9-14/h2-11,21H,1H3,(H,22,23). The fraction of sp³-hybridized carbons (Fsp3) is 0.0526. The molecule has 0 saturated heterocycles. The van der Waals surface area contributed by atoms with Gasteiger partial charge in [-0.05, 0) is 29.8 Å². The molecule has 2 aromatic carbocycles. The minimum atomic E-state index is -0.116. The fourth-order valence-corrected chi connectivity index (χ4v) is 2.91. The van der Waals surface area contributed by atoms with E-state index in [1.54, 1.807) is 24.5 Å². The van der Waals surface area contributed by atoms with Gasteiger partial charge in [-0.2, -0.15) is 0 Å². The lowest BCUT2D eigenvalue weighted by molar-refractivity contribution is -0.114. The number of aromatic nitrogens is 1. The average Bonchev–Trinajstić information content (AvgIpc) is 3.04. The molecule has 5 heteroatoms. The van der Waals surface area contributed by atoms with Gasteiger partial charge in [-0.15, -0.1) is 0 Å². The summed E-state index contributed by atoms with van der Waals surface area (Å²) in [5.74, 6) is -0.159. The van der Waals surface area contributed by atoms with Crippen LogP contribution in [0.3, 0.4) is 0 Å². The van der Waals surface area contributed by atoms with Crippen LogP contribution in [0.15, 0.2) is 65.4 Å². The average molecular weight is 383 g/mol. The van der Waals surface area contributed by atoms with Crippen LogP contribution < -0.4 is 5.32 Å². The minimum absolute atomic E-state index is 0.0431. The Morgan fingerprint density at radius 3 is 2.46 bits per heavy atom. The Kier molecular flexibility index (Phi) is 4.62. The van der Waals surface area contributed by atoms with Crippen molar-refractivity contribution in [1.82, 2.24) is 4.98 Å². The lowest BCUT2D eigenvalue weighted by atomic mass is 9.98. The van der Waals surface area contributed by atoms with Crippen LogP contribution >= 0.6 is 15.9 Å². The maximum Gasteiger partial charge on any atom is 0.221 e. The SMILES string of the molecule is CC(=O)Nc1ccc(-c2c[nH]cc2C(=O)c2cccc(Br)c2)cc1. The first-order chi connectivity index (χ1) is 11.5. The second kappa shape index (κ2) is 6.84. The van der Waals surface area contributed by atoms with E-state index in [0.29, 0.717) is 11.1 Å². The number of hydrogen-bond acceptors (Lipinski definition) is 2. The third-order valence-corrected chi connectivity index (χ3v) is 4.09. The Labute approximate surface area is 148 Å². The van der Waals surface area contributed by atoms with Crippen LogP contribution in [0, 0.1) is 0 Å². The third kappa shape index (κ3) is 3.46. The molecule has 1 heterocycles. The van der Waals surface area contributed by atoms with Gasteiger partial charge in [-0.1, -0.05) is 40.2 Å². The molecule has 0 aliphatic rings. The lowest BCUT2D eigenvalue weighted by Crippen LogP contribution is -2.05. The summed E-state index contributed by atoms with van der Waals surface area (Å²) in [5, 5.41) is 2.73. The molecule has 4 nitrogen and oxygen atoms in total. The lowest BCUT2D eigenvalue weighted by Gasteiger charge is -2.06. The smallest absolute Gasteiger partial charge is 0.221 e. The number of rotatable bonds is 4. The van der Waals surface area contributed by atoms with E-state index in [1.807, 2.05) is 36.4 Å². The summed E-state index contributed by atoms with van der Waals surface area (Å²) in [6.07, 6.45) is 3.51. The Balaban J connectivity index is 1.93. The second-order valence-electron chi connectivity index (χ2n) is 5.38. The number of nitrogens with one attached hydrogen (secondary N) is 2. The molecular weight excluding hydrogens is 368 g/mol. The van der Waals surface area contributed by atoms with Crippen molar-refractivity contribution in [3.05, 3.63) is 76.5 Å². The molecule has 1 aromatic heterocycles. The summed E-state index contributed by atoms with van der Waals surface area (Å²) in [5.41, 5.74) is 3.69. The molecule has 3 rings (SSSR count). The van der Waals surface area contributed by atoms with Crippen molar-refractivity contribution in [3.63, 3.8) is 0 Å². The van der Waals surface area contributed by atoms with Crippen molar-refractivity contribution in [2.24, 2.45) is 0 Å². The Morgan fingerprint density at radius 1 is 1.04 bits per heavy atom. The van der Waals surface area contributed by atoms with Crippen LogP contribution in [0.4, 0.5) is 5.69 Å². The topological polar surface area (TPSA) is 62.0 Å². The van der Waals surface area contributed by atoms with E-state index < -0.39 is 0 Å². The largest absolute Gasteiger partial charge is 0.366 e. The number of ketones is 1. The first-order valence-corrected chi connectivity index (χ1v) is 8.19. The van der Waals surface area contributed by atoms with Crippen LogP contribution in [0.1, 0.15) is 22.8 Å². The molecule has 0 unspecified atom stereocenters. The highest BCUT2D eigenvalue weighted by atomic mass is 79.9. The number of carbonyl (C=O) groups is 2. The number of anilines is 1. The van der Waals surface area contributed by atoms with Crippen LogP contribution in [0.5, 0.6) is 0 Å². The third-order valence-electron chi connectivity index (χ3n) is 3.59. The van der Waals surface area contributed by atoms with Crippen LogP contribution in [-0.2, 0) is 4.79 Å². The van der Waals surface area contributed by atoms with Crippen LogP contribution in [-0.4, -0.2) is 16.7 Å². The summed E-state index contributed by atoms with van der Waals surface area (Å²) in [6, 6.07) is 14.7. The molecule has 2 N–H and O–H groups in total. The van der Waals surface area contributed by atoms with Crippen molar-refractivity contribution < 1.29 is 9.59 Å². The Bertz CT molecular complexity index is 898. The van der Waals surface area contributed by atoms with Gasteiger partial charge in [0.15, 0.2) is 5.78 Å². The zero-order chi connectivity index (χ0) is 17.1. The van der Waals surface area contributed by atoms with Crippen molar-refractivity contribution in [2.45, 2.75) is 6.92 Å². The van der Waals surface area contributed by atoms with Crippen LogP contribution in [0.2, 0.25) is 0 Å². The van der Waals surface area contributed by atoms with Gasteiger partial charge in [0.25, 0.3) is 0 Å². The number of carbonyl (C=O) groups excluding carboxylic acids is 2. The van der Waals surface area contributed by atoms with E-state index in [-0.39, 0.29) is 11.7 Å². The van der Waals surface area contributed by atoms with Gasteiger partial charge >= 0.3 is 0 Å². The van der Waals surface area contributed by atoms with Crippen molar-refractivity contribution in [3.8, 4) is 11.1 Å². The number of H-pyrrole nitrogens is 1. The first kappa shape index (κ1) is 16.2. The van der Waals surface area contributed by atoms with Gasteiger partial charge in [0.2, 0.25) is 5.91 Å². The second-order valence-corrected chi connectivity index (χ2v) is 6.30. The maximum absolute atomic E-state index is 12.8. The summed E-state index contributed by atoms with van der Waals surface area (Å²) < 4.78 is 0.866. The molecule has 0 spiro atoms. The molecule has 0 fully saturated rings. The van der Waals surface area contributed by atoms with Crippen molar-refractivity contribution in [1.29, 1.82) is 0 Å². The van der Waals surface area contributed by atoms with Gasteiger partial charge in [0.05, 0.1) is 0 Å². The molecule has 1 amide bonds. The molecule has 0 saturated carbocycles. The van der Waals surface area contributed by atoms with E-state index in [2.05, 4.69) is 26.2 Å². The molecule has 0 aliphatic heterocycles. The predicted molar refractivity (Wildman–Crippen MR) is 98.1 cm³/mol. The molecule has 0 atom stereocenters. The molecule has 3 aromatic rings. The summed E-state index contributed by atoms with van der Waals surface area (Å²) >= 11 is 3.39. The quantitative estimate of drug-likeness (QED) is 0.645. The van der Waals surface area contributed by atoms with E-state index in [4.69, 9.17) is 0 Å². The number of aromatic amines is 1. The summed E-state index contributed by atoms with van der Waals surface area (Å²) in [4.78, 5) is 26.9. The predicted octanol–water partition coefficient (Wildman–Crippen LogP) is 4.63. The minimum Gasteiger partial charge on any atom is -0.366 e. The zero-order valence-corrected chi connectivity index (χ0v) is 14.6. The van der Waals surface area contributed by atoms with Crippen molar-refractivity contribution >= 4 is 33.3 Å². The highest BCUT2D eigenvalue weighted by Crippen LogP contribution is 2.27. The van der Waals surface area contributed by atoms with Gasteiger partial charge in [0.1, 0.15) is 0 Å². The number of benzene rings is 2. The Morgan fingerprint density at radius 2 is 1.79 bits per heavy atom. The molecule has 0 aliphatic carbocycles. The molecule has 120 valence electrons. The molecule has 0 radical (unpaired) electrons. The summed E-state index contributed by atoms with van der Waals surface area (Å²) in [6.45, 7) is 1.47. The maximum atomic E-state index is 12.8. The number of hydrogen-bond donors (Lipinski definition) is 2. The van der Waals surface area contributed by atoms with Crippen LogP contribution in [0.25, 0.3) is 11.1 Å². The Hall–Kier alpha value is -2.66. The normalized spacial score (nSPS) is 10.4. The van der Waals surface area contributed by atoms with E-state index in [0.717, 1.165) is 21.3 Å². The highest BCUT2D eigenvalue weighted by molar-refractivity contribution is 9.10. The zero-order valence-electron chi connectivity index (χ0n) is 13.0. The van der Waals surface area contributed by atoms with Gasteiger partial charge in [-0.25, -0.2) is 0 Å². The monoisotopic (exact) mass is 382 g/mol. The fourth-order valence-electron chi connectivity index (χ4n) is 2.51. The van der Waals surface area contributed by atoms with Gasteiger partial charge in [0, 0.05) is 46.2 Å². The van der Waals surface area contributed by atoms with Crippen molar-refractivity contribution in [2.75, 3.05) is 5.32 Å². The number of halogens is 1. The molecule has 24 heavy (non-hydrogen) atoms. The highest BCUT2D eigenvalue weighted by Gasteiger charge is 2.16. The molecular formula is C19H15BrN2O2. The van der Waals surface area contributed by atoms with E-state index in [9.17, 15) is 9.59 Å². The van der Waals surface area contributed by atoms with E-state index >= 15 is 0 Å². The first-order valence-electron chi connectivity index (χ1n) is 7.39. The van der Waals surface area contributed by atoms with Gasteiger partial charge < -0.3 is 10.3 Å². The van der Waals surface area contributed by atoms with E-state index in [1.165, 1.54) is 6.92 Å².